The van der Waals surface area contributed by atoms with Gasteiger partial charge in [0.25, 0.3) is 0 Å². The van der Waals surface area contributed by atoms with E-state index < -0.39 is 10.0 Å². The highest BCUT2D eigenvalue weighted by atomic mass is 32.2. The lowest BCUT2D eigenvalue weighted by atomic mass is 10.0. The molecule has 0 radical (unpaired) electrons. The van der Waals surface area contributed by atoms with Crippen molar-refractivity contribution in [3.8, 4) is 0 Å². The molecule has 0 aliphatic carbocycles. The van der Waals surface area contributed by atoms with Gasteiger partial charge in [-0.1, -0.05) is 49.4 Å². The van der Waals surface area contributed by atoms with E-state index in [1.54, 1.807) is 12.1 Å². The summed E-state index contributed by atoms with van der Waals surface area (Å²) in [5.41, 5.74) is 2.95. The Morgan fingerprint density at radius 2 is 1.67 bits per heavy atom. The van der Waals surface area contributed by atoms with Crippen LogP contribution in [0.5, 0.6) is 0 Å². The fourth-order valence-electron chi connectivity index (χ4n) is 2.12. The SMILES string of the molecule is CC(CNc1ccc(CS(N)(=O)=O)cc1)c1ccccc1. The van der Waals surface area contributed by atoms with Crippen molar-refractivity contribution < 1.29 is 8.42 Å². The maximum absolute atomic E-state index is 11.0. The second-order valence-corrected chi connectivity index (χ2v) is 6.81. The summed E-state index contributed by atoms with van der Waals surface area (Å²) in [6.45, 7) is 2.98. The average molecular weight is 304 g/mol. The van der Waals surface area contributed by atoms with E-state index in [-0.39, 0.29) is 5.75 Å². The Hall–Kier alpha value is -1.85. The van der Waals surface area contributed by atoms with Crippen LogP contribution in [0.15, 0.2) is 54.6 Å². The smallest absolute Gasteiger partial charge is 0.213 e. The molecule has 1 unspecified atom stereocenters. The Bertz CT molecular complexity index is 667. The van der Waals surface area contributed by atoms with E-state index in [1.165, 1.54) is 5.56 Å². The van der Waals surface area contributed by atoms with Crippen molar-refractivity contribution in [2.24, 2.45) is 5.14 Å². The van der Waals surface area contributed by atoms with Crippen LogP contribution in [0.1, 0.15) is 24.0 Å². The molecule has 0 aliphatic rings. The predicted molar refractivity (Wildman–Crippen MR) is 86.6 cm³/mol. The van der Waals surface area contributed by atoms with Gasteiger partial charge in [-0.05, 0) is 29.2 Å². The van der Waals surface area contributed by atoms with Gasteiger partial charge in [0.05, 0.1) is 5.75 Å². The second kappa shape index (κ2) is 6.74. The third-order valence-electron chi connectivity index (χ3n) is 3.30. The van der Waals surface area contributed by atoms with Gasteiger partial charge < -0.3 is 5.32 Å². The molecule has 21 heavy (non-hydrogen) atoms. The molecule has 2 aromatic rings. The molecule has 4 nitrogen and oxygen atoms in total. The average Bonchev–Trinajstić information content (AvgIpc) is 2.45. The van der Waals surface area contributed by atoms with E-state index in [0.717, 1.165) is 12.2 Å². The van der Waals surface area contributed by atoms with Crippen molar-refractivity contribution in [2.75, 3.05) is 11.9 Å². The highest BCUT2D eigenvalue weighted by molar-refractivity contribution is 7.88. The van der Waals surface area contributed by atoms with E-state index in [0.29, 0.717) is 11.5 Å². The summed E-state index contributed by atoms with van der Waals surface area (Å²) in [4.78, 5) is 0. The van der Waals surface area contributed by atoms with Gasteiger partial charge in [-0.2, -0.15) is 0 Å². The van der Waals surface area contributed by atoms with Crippen LogP contribution in [-0.2, 0) is 15.8 Å². The number of primary sulfonamides is 1. The van der Waals surface area contributed by atoms with Gasteiger partial charge in [0.2, 0.25) is 10.0 Å². The van der Waals surface area contributed by atoms with Crippen molar-refractivity contribution in [3.05, 3.63) is 65.7 Å². The molecule has 0 saturated carbocycles. The van der Waals surface area contributed by atoms with Crippen LogP contribution in [0.3, 0.4) is 0 Å². The largest absolute Gasteiger partial charge is 0.384 e. The summed E-state index contributed by atoms with van der Waals surface area (Å²) < 4.78 is 22.0. The maximum atomic E-state index is 11.0. The van der Waals surface area contributed by atoms with E-state index in [9.17, 15) is 8.42 Å². The first kappa shape index (κ1) is 15.5. The standard InChI is InChI=1S/C16H20N2O2S/c1-13(15-5-3-2-4-6-15)11-18-16-9-7-14(8-10-16)12-21(17,19)20/h2-10,13,18H,11-12H2,1H3,(H2,17,19,20). The molecular formula is C16H20N2O2S. The van der Waals surface area contributed by atoms with E-state index >= 15 is 0 Å². The second-order valence-electron chi connectivity index (χ2n) is 5.20. The van der Waals surface area contributed by atoms with Gasteiger partial charge in [0.1, 0.15) is 0 Å². The van der Waals surface area contributed by atoms with Crippen LogP contribution in [0, 0.1) is 0 Å². The molecule has 0 fully saturated rings. The van der Waals surface area contributed by atoms with E-state index in [2.05, 4.69) is 24.4 Å². The molecule has 2 rings (SSSR count). The normalized spacial score (nSPS) is 12.9. The van der Waals surface area contributed by atoms with E-state index in [1.807, 2.05) is 30.3 Å². The zero-order chi connectivity index (χ0) is 15.3. The summed E-state index contributed by atoms with van der Waals surface area (Å²) >= 11 is 0. The van der Waals surface area contributed by atoms with Crippen molar-refractivity contribution in [1.82, 2.24) is 0 Å². The van der Waals surface area contributed by atoms with Crippen LogP contribution in [0.4, 0.5) is 5.69 Å². The summed E-state index contributed by atoms with van der Waals surface area (Å²) in [5, 5.41) is 8.38. The quantitative estimate of drug-likeness (QED) is 0.862. The third kappa shape index (κ3) is 5.21. The van der Waals surface area contributed by atoms with Gasteiger partial charge in [-0.15, -0.1) is 0 Å². The minimum Gasteiger partial charge on any atom is -0.384 e. The van der Waals surface area contributed by atoms with Gasteiger partial charge in [0, 0.05) is 12.2 Å². The molecular weight excluding hydrogens is 284 g/mol. The number of hydrogen-bond acceptors (Lipinski definition) is 3. The fourth-order valence-corrected chi connectivity index (χ4v) is 2.78. The molecule has 0 bridgehead atoms. The minimum atomic E-state index is -3.47. The number of nitrogens with two attached hydrogens (primary N) is 1. The first-order chi connectivity index (χ1) is 9.94. The fraction of sp³-hybridized carbons (Fsp3) is 0.250. The van der Waals surface area contributed by atoms with Gasteiger partial charge in [0.15, 0.2) is 0 Å². The Kier molecular flexibility index (Phi) is 4.98. The summed E-state index contributed by atoms with van der Waals surface area (Å²) in [7, 11) is -3.47. The third-order valence-corrected chi connectivity index (χ3v) is 4.04. The first-order valence-electron chi connectivity index (χ1n) is 6.82. The van der Waals surface area contributed by atoms with Crippen LogP contribution < -0.4 is 10.5 Å². The Labute approximate surface area is 126 Å². The molecule has 1 atom stereocenters. The predicted octanol–water partition coefficient (Wildman–Crippen LogP) is 2.69. The van der Waals surface area contributed by atoms with E-state index in [4.69, 9.17) is 5.14 Å². The molecule has 0 heterocycles. The lowest BCUT2D eigenvalue weighted by Crippen LogP contribution is -2.14. The van der Waals surface area contributed by atoms with Crippen molar-refractivity contribution in [1.29, 1.82) is 0 Å². The van der Waals surface area contributed by atoms with Crippen LogP contribution in [0.25, 0.3) is 0 Å². The van der Waals surface area contributed by atoms with Crippen LogP contribution in [-0.4, -0.2) is 15.0 Å². The maximum Gasteiger partial charge on any atom is 0.213 e. The van der Waals surface area contributed by atoms with Gasteiger partial charge in [-0.3, -0.25) is 0 Å². The lowest BCUT2D eigenvalue weighted by Gasteiger charge is -2.14. The molecule has 3 N–H and O–H groups in total. The number of rotatable bonds is 6. The molecule has 2 aromatic carbocycles. The Morgan fingerprint density at radius 3 is 2.24 bits per heavy atom. The molecule has 0 aliphatic heterocycles. The lowest BCUT2D eigenvalue weighted by molar-refractivity contribution is 0.597. The van der Waals surface area contributed by atoms with Crippen LogP contribution in [0.2, 0.25) is 0 Å². The molecule has 0 aromatic heterocycles. The monoisotopic (exact) mass is 304 g/mol. The van der Waals surface area contributed by atoms with Crippen molar-refractivity contribution >= 4 is 15.7 Å². The highest BCUT2D eigenvalue weighted by Gasteiger charge is 2.06. The minimum absolute atomic E-state index is 0.131. The number of anilines is 1. The number of nitrogens with one attached hydrogen (secondary N) is 1. The summed E-state index contributed by atoms with van der Waals surface area (Å²) in [6.07, 6.45) is 0. The van der Waals surface area contributed by atoms with Gasteiger partial charge >= 0.3 is 0 Å². The summed E-state index contributed by atoms with van der Waals surface area (Å²) in [5.74, 6) is 0.267. The zero-order valence-electron chi connectivity index (χ0n) is 12.0. The first-order valence-corrected chi connectivity index (χ1v) is 8.54. The number of benzene rings is 2. The summed E-state index contributed by atoms with van der Waals surface area (Å²) in [6, 6.07) is 17.6. The number of hydrogen-bond donors (Lipinski definition) is 2. The Morgan fingerprint density at radius 1 is 1.05 bits per heavy atom. The molecule has 5 heteroatoms. The highest BCUT2D eigenvalue weighted by Crippen LogP contribution is 2.17. The molecule has 0 saturated heterocycles. The molecule has 0 spiro atoms. The number of sulfonamides is 1. The van der Waals surface area contributed by atoms with Crippen molar-refractivity contribution in [2.45, 2.75) is 18.6 Å². The van der Waals surface area contributed by atoms with Gasteiger partial charge in [-0.25, -0.2) is 13.6 Å². The Balaban J connectivity index is 1.92. The topological polar surface area (TPSA) is 72.2 Å². The van der Waals surface area contributed by atoms with Crippen molar-refractivity contribution in [3.63, 3.8) is 0 Å². The zero-order valence-corrected chi connectivity index (χ0v) is 12.8. The van der Waals surface area contributed by atoms with Crippen LogP contribution >= 0.6 is 0 Å². The molecule has 112 valence electrons. The molecule has 0 amide bonds.